The predicted molar refractivity (Wildman–Crippen MR) is 115 cm³/mol. The molecule has 1 aliphatic rings. The average Bonchev–Trinajstić information content (AvgIpc) is 3.58. The van der Waals surface area contributed by atoms with E-state index in [9.17, 15) is 9.59 Å². The van der Waals surface area contributed by atoms with Crippen LogP contribution in [0.15, 0.2) is 59.4 Å². The first-order valence-electron chi connectivity index (χ1n) is 10.4. The van der Waals surface area contributed by atoms with Gasteiger partial charge in [0.15, 0.2) is 0 Å². The molecule has 1 fully saturated rings. The van der Waals surface area contributed by atoms with Crippen molar-refractivity contribution in [3.63, 3.8) is 0 Å². The number of carbonyl (C=O) groups is 2. The lowest BCUT2D eigenvalue weighted by Gasteiger charge is -2.22. The second-order valence-electron chi connectivity index (χ2n) is 7.81. The normalized spacial score (nSPS) is 18.1. The molecular formula is C22H20N8O3. The summed E-state index contributed by atoms with van der Waals surface area (Å²) >= 11 is 0. The molecule has 0 saturated carbocycles. The number of hydrogen-bond acceptors (Lipinski definition) is 8. The third-order valence-electron chi connectivity index (χ3n) is 5.69. The Morgan fingerprint density at radius 3 is 2.67 bits per heavy atom. The van der Waals surface area contributed by atoms with Gasteiger partial charge >= 0.3 is 6.03 Å². The van der Waals surface area contributed by atoms with Crippen molar-refractivity contribution in [2.75, 3.05) is 0 Å². The maximum absolute atomic E-state index is 13.3. The molecule has 0 radical (unpaired) electrons. The van der Waals surface area contributed by atoms with Crippen molar-refractivity contribution in [2.45, 2.75) is 32.4 Å². The fourth-order valence-electron chi connectivity index (χ4n) is 3.74. The average molecular weight is 444 g/mol. The third kappa shape index (κ3) is 3.63. The van der Waals surface area contributed by atoms with Crippen molar-refractivity contribution >= 4 is 11.9 Å². The minimum atomic E-state index is -1.26. The van der Waals surface area contributed by atoms with Crippen LogP contribution in [0.25, 0.3) is 17.1 Å². The second-order valence-corrected chi connectivity index (χ2v) is 7.81. The Kier molecular flexibility index (Phi) is 4.93. The maximum atomic E-state index is 13.3. The van der Waals surface area contributed by atoms with Crippen LogP contribution >= 0.6 is 0 Å². The number of tetrazole rings is 1. The Labute approximate surface area is 188 Å². The van der Waals surface area contributed by atoms with E-state index in [1.54, 1.807) is 31.2 Å². The number of rotatable bonds is 6. The Bertz CT molecular complexity index is 1320. The summed E-state index contributed by atoms with van der Waals surface area (Å²) in [6.07, 6.45) is 2.38. The Morgan fingerprint density at radius 2 is 1.94 bits per heavy atom. The van der Waals surface area contributed by atoms with Gasteiger partial charge < -0.3 is 9.84 Å². The van der Waals surface area contributed by atoms with E-state index in [1.165, 1.54) is 16.6 Å². The molecule has 1 aliphatic heterocycles. The van der Waals surface area contributed by atoms with E-state index in [2.05, 4.69) is 37.9 Å². The molecule has 3 amide bonds. The summed E-state index contributed by atoms with van der Waals surface area (Å²) in [4.78, 5) is 31.4. The van der Waals surface area contributed by atoms with Gasteiger partial charge in [0, 0.05) is 5.56 Å². The SMILES string of the molecule is CCc1ccc(-c2noc(CN3C(=O)N[C@@](C)(c4cccc(-n5cnnn5)c4)C3=O)n2)cc1. The molecule has 1 saturated heterocycles. The first-order chi connectivity index (χ1) is 16.0. The van der Waals surface area contributed by atoms with E-state index in [0.717, 1.165) is 16.9 Å². The lowest BCUT2D eigenvalue weighted by molar-refractivity contribution is -0.131. The van der Waals surface area contributed by atoms with Crippen LogP contribution in [0.1, 0.15) is 30.9 Å². The van der Waals surface area contributed by atoms with Gasteiger partial charge in [-0.2, -0.15) is 4.98 Å². The van der Waals surface area contributed by atoms with Gasteiger partial charge in [-0.15, -0.1) is 5.10 Å². The molecule has 5 rings (SSSR count). The van der Waals surface area contributed by atoms with E-state index in [1.807, 2.05) is 24.3 Å². The highest BCUT2D eigenvalue weighted by Gasteiger charge is 2.49. The number of amides is 3. The predicted octanol–water partition coefficient (Wildman–Crippen LogP) is 2.24. The number of hydrogen-bond donors (Lipinski definition) is 1. The van der Waals surface area contributed by atoms with Gasteiger partial charge in [0.05, 0.1) is 5.69 Å². The molecule has 33 heavy (non-hydrogen) atoms. The largest absolute Gasteiger partial charge is 0.337 e. The van der Waals surface area contributed by atoms with E-state index in [4.69, 9.17) is 4.52 Å². The van der Waals surface area contributed by atoms with Crippen molar-refractivity contribution in [2.24, 2.45) is 0 Å². The zero-order valence-corrected chi connectivity index (χ0v) is 18.0. The summed E-state index contributed by atoms with van der Waals surface area (Å²) in [5, 5.41) is 17.9. The molecule has 166 valence electrons. The Morgan fingerprint density at radius 1 is 1.12 bits per heavy atom. The van der Waals surface area contributed by atoms with Gasteiger partial charge in [0.1, 0.15) is 18.4 Å². The van der Waals surface area contributed by atoms with Gasteiger partial charge in [-0.05, 0) is 47.0 Å². The molecule has 1 N–H and O–H groups in total. The lowest BCUT2D eigenvalue weighted by Crippen LogP contribution is -2.40. The summed E-state index contributed by atoms with van der Waals surface area (Å²) in [5.74, 6) is 0.143. The van der Waals surface area contributed by atoms with Crippen LogP contribution in [0.2, 0.25) is 0 Å². The summed E-state index contributed by atoms with van der Waals surface area (Å²) in [7, 11) is 0. The summed E-state index contributed by atoms with van der Waals surface area (Å²) in [5.41, 5.74) is 1.99. The minimum Gasteiger partial charge on any atom is -0.337 e. The molecule has 11 nitrogen and oxygen atoms in total. The third-order valence-corrected chi connectivity index (χ3v) is 5.69. The number of aryl methyl sites for hydroxylation is 1. The van der Waals surface area contributed by atoms with Crippen LogP contribution in [0.3, 0.4) is 0 Å². The monoisotopic (exact) mass is 444 g/mol. The quantitative estimate of drug-likeness (QED) is 0.448. The van der Waals surface area contributed by atoms with Crippen LogP contribution in [0.4, 0.5) is 4.79 Å². The molecular weight excluding hydrogens is 424 g/mol. The number of benzene rings is 2. The molecule has 0 aliphatic carbocycles. The number of nitrogens with zero attached hydrogens (tertiary/aromatic N) is 7. The number of aromatic nitrogens is 6. The molecule has 3 heterocycles. The van der Waals surface area contributed by atoms with E-state index >= 15 is 0 Å². The van der Waals surface area contributed by atoms with Crippen molar-refractivity contribution in [1.29, 1.82) is 0 Å². The standard InChI is InChI=1S/C22H20N8O3/c1-3-14-7-9-15(10-8-14)19-24-18(33-26-19)12-29-20(31)22(2,25-21(29)32)16-5-4-6-17(11-16)30-13-23-27-28-30/h4-11,13H,3,12H2,1-2H3,(H,25,32)/t22-/m0/s1. The van der Waals surface area contributed by atoms with Crippen LogP contribution < -0.4 is 5.32 Å². The molecule has 2 aromatic heterocycles. The first kappa shape index (κ1) is 20.5. The van der Waals surface area contributed by atoms with Gasteiger partial charge in [-0.1, -0.05) is 48.5 Å². The molecule has 0 spiro atoms. The minimum absolute atomic E-state index is 0.132. The number of nitrogens with one attached hydrogen (secondary N) is 1. The zero-order valence-electron chi connectivity index (χ0n) is 18.0. The maximum Gasteiger partial charge on any atom is 0.325 e. The molecule has 0 unspecified atom stereocenters. The van der Waals surface area contributed by atoms with E-state index in [0.29, 0.717) is 17.1 Å². The van der Waals surface area contributed by atoms with Crippen molar-refractivity contribution in [1.82, 2.24) is 40.6 Å². The highest BCUT2D eigenvalue weighted by atomic mass is 16.5. The van der Waals surface area contributed by atoms with E-state index in [-0.39, 0.29) is 12.4 Å². The van der Waals surface area contributed by atoms with Crippen molar-refractivity contribution in [3.05, 3.63) is 71.9 Å². The van der Waals surface area contributed by atoms with Gasteiger partial charge in [0.2, 0.25) is 11.7 Å². The highest BCUT2D eigenvalue weighted by molar-refractivity contribution is 6.07. The molecule has 1 atom stereocenters. The molecule has 2 aromatic carbocycles. The van der Waals surface area contributed by atoms with Crippen LogP contribution in [0, 0.1) is 0 Å². The van der Waals surface area contributed by atoms with E-state index < -0.39 is 17.5 Å². The molecule has 0 bridgehead atoms. The summed E-state index contributed by atoms with van der Waals surface area (Å²) in [6.45, 7) is 3.60. The summed E-state index contributed by atoms with van der Waals surface area (Å²) in [6, 6.07) is 14.4. The van der Waals surface area contributed by atoms with Gasteiger partial charge in [-0.25, -0.2) is 9.48 Å². The fraction of sp³-hybridized carbons (Fsp3) is 0.227. The molecule has 4 aromatic rings. The fourth-order valence-corrected chi connectivity index (χ4v) is 3.74. The van der Waals surface area contributed by atoms with Crippen molar-refractivity contribution < 1.29 is 14.1 Å². The van der Waals surface area contributed by atoms with Crippen molar-refractivity contribution in [3.8, 4) is 17.1 Å². The van der Waals surface area contributed by atoms with Gasteiger partial charge in [-0.3, -0.25) is 9.69 Å². The number of urea groups is 1. The number of carbonyl (C=O) groups excluding carboxylic acids is 2. The second kappa shape index (κ2) is 7.93. The Balaban J connectivity index is 1.37. The summed E-state index contributed by atoms with van der Waals surface area (Å²) < 4.78 is 6.79. The van der Waals surface area contributed by atoms with Crippen LogP contribution in [-0.2, 0) is 23.3 Å². The number of imide groups is 1. The molecule has 11 heteroatoms. The van der Waals surface area contributed by atoms with Crippen LogP contribution in [-0.4, -0.2) is 47.2 Å². The lowest BCUT2D eigenvalue weighted by atomic mass is 9.91. The highest BCUT2D eigenvalue weighted by Crippen LogP contribution is 2.31. The first-order valence-corrected chi connectivity index (χ1v) is 10.4. The topological polar surface area (TPSA) is 132 Å². The Hall–Kier alpha value is -4.41. The zero-order chi connectivity index (χ0) is 23.0. The smallest absolute Gasteiger partial charge is 0.325 e. The van der Waals surface area contributed by atoms with Gasteiger partial charge in [0.25, 0.3) is 5.91 Å². The van der Waals surface area contributed by atoms with Crippen LogP contribution in [0.5, 0.6) is 0 Å².